The monoisotopic (exact) mass is 198 g/mol. The van der Waals surface area contributed by atoms with E-state index in [1.54, 1.807) is 0 Å². The zero-order chi connectivity index (χ0) is 9.97. The van der Waals surface area contributed by atoms with Crippen molar-refractivity contribution < 1.29 is 9.53 Å². The van der Waals surface area contributed by atoms with Crippen LogP contribution in [0.15, 0.2) is 0 Å². The molecular formula is C10H18N2O2. The topological polar surface area (TPSA) is 41.6 Å². The van der Waals surface area contributed by atoms with Crippen molar-refractivity contribution >= 4 is 5.97 Å². The van der Waals surface area contributed by atoms with E-state index in [0.29, 0.717) is 0 Å². The van der Waals surface area contributed by atoms with Gasteiger partial charge in [0.15, 0.2) is 0 Å². The normalized spacial score (nSPS) is 25.8. The third-order valence-corrected chi connectivity index (χ3v) is 3.09. The standard InChI is InChI=1S/C10H18N2O2/c1-8(13)14-10-2-4-12(5-3-10)9-6-11-7-9/h9-11H,2-7H2,1H3. The molecule has 2 heterocycles. The average Bonchev–Trinajstić information content (AvgIpc) is 2.04. The van der Waals surface area contributed by atoms with Gasteiger partial charge in [0, 0.05) is 39.1 Å². The smallest absolute Gasteiger partial charge is 0.302 e. The van der Waals surface area contributed by atoms with E-state index in [-0.39, 0.29) is 12.1 Å². The highest BCUT2D eigenvalue weighted by Gasteiger charge is 2.29. The lowest BCUT2D eigenvalue weighted by atomic mass is 10.0. The van der Waals surface area contributed by atoms with E-state index in [1.807, 2.05) is 0 Å². The molecule has 0 bridgehead atoms. The maximum atomic E-state index is 10.7. The van der Waals surface area contributed by atoms with Crippen LogP contribution in [0.1, 0.15) is 19.8 Å². The van der Waals surface area contributed by atoms with Gasteiger partial charge < -0.3 is 10.1 Å². The summed E-state index contributed by atoms with van der Waals surface area (Å²) in [6, 6.07) is 0.730. The Hall–Kier alpha value is -0.610. The van der Waals surface area contributed by atoms with Gasteiger partial charge in [-0.15, -0.1) is 0 Å². The Morgan fingerprint density at radius 3 is 2.43 bits per heavy atom. The van der Waals surface area contributed by atoms with Crippen LogP contribution in [-0.4, -0.2) is 49.2 Å². The minimum Gasteiger partial charge on any atom is -0.462 e. The number of hydrogen-bond donors (Lipinski definition) is 1. The zero-order valence-electron chi connectivity index (χ0n) is 8.66. The number of piperidine rings is 1. The van der Waals surface area contributed by atoms with Crippen molar-refractivity contribution in [2.75, 3.05) is 26.2 Å². The van der Waals surface area contributed by atoms with Gasteiger partial charge in [-0.25, -0.2) is 0 Å². The Balaban J connectivity index is 1.71. The molecule has 2 fully saturated rings. The fraction of sp³-hybridized carbons (Fsp3) is 0.900. The van der Waals surface area contributed by atoms with Gasteiger partial charge in [0.05, 0.1) is 0 Å². The van der Waals surface area contributed by atoms with Crippen molar-refractivity contribution in [2.45, 2.75) is 31.9 Å². The van der Waals surface area contributed by atoms with Crippen LogP contribution in [0, 0.1) is 0 Å². The molecule has 4 nitrogen and oxygen atoms in total. The van der Waals surface area contributed by atoms with Crippen molar-refractivity contribution in [2.24, 2.45) is 0 Å². The molecule has 14 heavy (non-hydrogen) atoms. The van der Waals surface area contributed by atoms with Crippen molar-refractivity contribution in [1.29, 1.82) is 0 Å². The van der Waals surface area contributed by atoms with Crippen LogP contribution in [0.25, 0.3) is 0 Å². The SMILES string of the molecule is CC(=O)OC1CCN(C2CNC2)CC1. The first kappa shape index (κ1) is 9.93. The summed E-state index contributed by atoms with van der Waals surface area (Å²) in [4.78, 5) is 13.2. The van der Waals surface area contributed by atoms with Crippen LogP contribution in [0.2, 0.25) is 0 Å². The molecule has 1 N–H and O–H groups in total. The number of hydrogen-bond acceptors (Lipinski definition) is 4. The third kappa shape index (κ3) is 2.25. The lowest BCUT2D eigenvalue weighted by Crippen LogP contribution is -2.59. The molecule has 0 saturated carbocycles. The third-order valence-electron chi connectivity index (χ3n) is 3.09. The van der Waals surface area contributed by atoms with Crippen molar-refractivity contribution in [3.8, 4) is 0 Å². The van der Waals surface area contributed by atoms with Crippen LogP contribution in [0.4, 0.5) is 0 Å². The van der Waals surface area contributed by atoms with Gasteiger partial charge in [-0.1, -0.05) is 0 Å². The Morgan fingerprint density at radius 2 is 2.00 bits per heavy atom. The van der Waals surface area contributed by atoms with Crippen LogP contribution < -0.4 is 5.32 Å². The zero-order valence-corrected chi connectivity index (χ0v) is 8.66. The molecule has 2 rings (SSSR count). The molecule has 2 saturated heterocycles. The van der Waals surface area contributed by atoms with Crippen molar-refractivity contribution in [3.63, 3.8) is 0 Å². The number of esters is 1. The molecule has 2 aliphatic heterocycles. The van der Waals surface area contributed by atoms with Gasteiger partial charge in [0.1, 0.15) is 6.10 Å². The summed E-state index contributed by atoms with van der Waals surface area (Å²) in [5.74, 6) is -0.145. The second kappa shape index (κ2) is 4.28. The van der Waals surface area contributed by atoms with E-state index in [4.69, 9.17) is 4.74 Å². The molecule has 0 aromatic heterocycles. The maximum Gasteiger partial charge on any atom is 0.302 e. The second-order valence-electron chi connectivity index (χ2n) is 4.16. The number of carbonyl (C=O) groups is 1. The number of rotatable bonds is 2. The Morgan fingerprint density at radius 1 is 1.36 bits per heavy atom. The molecule has 0 aromatic rings. The Labute approximate surface area is 84.6 Å². The molecule has 0 spiro atoms. The minimum atomic E-state index is -0.145. The first-order chi connectivity index (χ1) is 6.75. The fourth-order valence-electron chi connectivity index (χ4n) is 2.13. The molecule has 2 aliphatic rings. The number of likely N-dealkylation sites (tertiary alicyclic amines) is 1. The highest BCUT2D eigenvalue weighted by atomic mass is 16.5. The van der Waals surface area contributed by atoms with Crippen LogP contribution in [-0.2, 0) is 9.53 Å². The van der Waals surface area contributed by atoms with Crippen LogP contribution in [0.5, 0.6) is 0 Å². The van der Waals surface area contributed by atoms with E-state index < -0.39 is 0 Å². The number of nitrogens with zero attached hydrogens (tertiary/aromatic N) is 1. The van der Waals surface area contributed by atoms with Gasteiger partial charge in [-0.2, -0.15) is 0 Å². The van der Waals surface area contributed by atoms with Crippen molar-refractivity contribution in [1.82, 2.24) is 10.2 Å². The Bertz CT molecular complexity index is 208. The van der Waals surface area contributed by atoms with Crippen LogP contribution in [0.3, 0.4) is 0 Å². The quantitative estimate of drug-likeness (QED) is 0.633. The lowest BCUT2D eigenvalue weighted by molar-refractivity contribution is -0.148. The van der Waals surface area contributed by atoms with Gasteiger partial charge in [0.25, 0.3) is 0 Å². The maximum absolute atomic E-state index is 10.7. The van der Waals surface area contributed by atoms with Gasteiger partial charge in [0.2, 0.25) is 0 Å². The predicted molar refractivity (Wildman–Crippen MR) is 53.0 cm³/mol. The average molecular weight is 198 g/mol. The van der Waals surface area contributed by atoms with E-state index >= 15 is 0 Å². The first-order valence-corrected chi connectivity index (χ1v) is 5.37. The number of carbonyl (C=O) groups excluding carboxylic acids is 1. The summed E-state index contributed by atoms with van der Waals surface area (Å²) < 4.78 is 5.19. The summed E-state index contributed by atoms with van der Waals surface area (Å²) in [7, 11) is 0. The molecule has 0 radical (unpaired) electrons. The van der Waals surface area contributed by atoms with Gasteiger partial charge >= 0.3 is 5.97 Å². The van der Waals surface area contributed by atoms with Gasteiger partial charge in [-0.3, -0.25) is 9.69 Å². The second-order valence-corrected chi connectivity index (χ2v) is 4.16. The number of ether oxygens (including phenoxy) is 1. The molecular weight excluding hydrogens is 180 g/mol. The molecule has 80 valence electrons. The predicted octanol–water partition coefficient (Wildman–Crippen LogP) is -0.0143. The minimum absolute atomic E-state index is 0.145. The summed E-state index contributed by atoms with van der Waals surface area (Å²) in [6.45, 7) is 5.88. The highest BCUT2D eigenvalue weighted by Crippen LogP contribution is 2.17. The summed E-state index contributed by atoms with van der Waals surface area (Å²) in [5, 5.41) is 3.27. The Kier molecular flexibility index (Phi) is 3.03. The molecule has 0 unspecified atom stereocenters. The molecule has 0 amide bonds. The number of nitrogens with one attached hydrogen (secondary N) is 1. The molecule has 0 atom stereocenters. The molecule has 0 aliphatic carbocycles. The fourth-order valence-corrected chi connectivity index (χ4v) is 2.13. The lowest BCUT2D eigenvalue weighted by Gasteiger charge is -2.41. The summed E-state index contributed by atoms with van der Waals surface area (Å²) >= 11 is 0. The van der Waals surface area contributed by atoms with E-state index in [0.717, 1.165) is 45.1 Å². The first-order valence-electron chi connectivity index (χ1n) is 5.37. The molecule has 4 heteroatoms. The summed E-state index contributed by atoms with van der Waals surface area (Å²) in [5.41, 5.74) is 0. The van der Waals surface area contributed by atoms with Crippen molar-refractivity contribution in [3.05, 3.63) is 0 Å². The summed E-state index contributed by atoms with van der Waals surface area (Å²) in [6.07, 6.45) is 2.16. The van der Waals surface area contributed by atoms with E-state index in [2.05, 4.69) is 10.2 Å². The van der Waals surface area contributed by atoms with Gasteiger partial charge in [-0.05, 0) is 12.8 Å². The van der Waals surface area contributed by atoms with E-state index in [9.17, 15) is 4.79 Å². The largest absolute Gasteiger partial charge is 0.462 e. The van der Waals surface area contributed by atoms with E-state index in [1.165, 1.54) is 6.92 Å². The van der Waals surface area contributed by atoms with Crippen LogP contribution >= 0.6 is 0 Å². The molecule has 0 aromatic carbocycles. The highest BCUT2D eigenvalue weighted by molar-refractivity contribution is 5.66.